The highest BCUT2D eigenvalue weighted by Gasteiger charge is 2.08. The van der Waals surface area contributed by atoms with E-state index in [2.05, 4.69) is 53.5 Å². The SMILES string of the molecule is CCCCCCCCc1ccc(-c2nnc(-c3ccccc3)s2)cc1. The molecule has 2 nitrogen and oxygen atoms in total. The fourth-order valence-corrected chi connectivity index (χ4v) is 3.82. The minimum atomic E-state index is 0.978. The molecule has 2 aromatic carbocycles. The van der Waals surface area contributed by atoms with Crippen molar-refractivity contribution in [1.82, 2.24) is 10.2 Å². The zero-order valence-electron chi connectivity index (χ0n) is 14.9. The molecule has 0 unspecified atom stereocenters. The molecule has 0 fully saturated rings. The Balaban J connectivity index is 1.55. The third-order valence-electron chi connectivity index (χ3n) is 4.47. The van der Waals surface area contributed by atoms with Crippen molar-refractivity contribution in [2.45, 2.75) is 51.9 Å². The van der Waals surface area contributed by atoms with Gasteiger partial charge in [0.2, 0.25) is 0 Å². The second-order valence-corrected chi connectivity index (χ2v) is 7.47. The van der Waals surface area contributed by atoms with Crippen LogP contribution in [-0.2, 0) is 6.42 Å². The molecule has 3 rings (SSSR count). The van der Waals surface area contributed by atoms with Crippen LogP contribution in [0.3, 0.4) is 0 Å². The van der Waals surface area contributed by atoms with E-state index in [-0.39, 0.29) is 0 Å². The lowest BCUT2D eigenvalue weighted by molar-refractivity contribution is 0.607. The Morgan fingerprint density at radius 3 is 1.96 bits per heavy atom. The number of hydrogen-bond donors (Lipinski definition) is 0. The molecule has 0 bridgehead atoms. The summed E-state index contributed by atoms with van der Waals surface area (Å²) in [6, 6.07) is 19.1. The third kappa shape index (κ3) is 5.23. The van der Waals surface area contributed by atoms with E-state index in [1.807, 2.05) is 18.2 Å². The molecule has 0 atom stereocenters. The van der Waals surface area contributed by atoms with Gasteiger partial charge in [-0.05, 0) is 18.4 Å². The van der Waals surface area contributed by atoms with Gasteiger partial charge < -0.3 is 0 Å². The van der Waals surface area contributed by atoms with Crippen LogP contribution < -0.4 is 0 Å². The summed E-state index contributed by atoms with van der Waals surface area (Å²) in [5, 5.41) is 10.7. The molecule has 0 saturated carbocycles. The van der Waals surface area contributed by atoms with E-state index in [4.69, 9.17) is 0 Å². The van der Waals surface area contributed by atoms with E-state index in [9.17, 15) is 0 Å². The second kappa shape index (κ2) is 9.47. The molecule has 3 aromatic rings. The monoisotopic (exact) mass is 350 g/mol. The standard InChI is InChI=1S/C22H26N2S/c1-2-3-4-5-6-8-11-18-14-16-20(17-15-18)22-24-23-21(25-22)19-12-9-7-10-13-19/h7,9-10,12-17H,2-6,8,11H2,1H3. The van der Waals surface area contributed by atoms with Crippen LogP contribution in [0.25, 0.3) is 21.1 Å². The first-order valence-electron chi connectivity index (χ1n) is 9.35. The average molecular weight is 351 g/mol. The first kappa shape index (κ1) is 17.8. The van der Waals surface area contributed by atoms with Crippen LogP contribution >= 0.6 is 11.3 Å². The number of unbranched alkanes of at least 4 members (excludes halogenated alkanes) is 5. The number of aromatic nitrogens is 2. The van der Waals surface area contributed by atoms with Crippen LogP contribution in [0, 0.1) is 0 Å². The summed E-state index contributed by atoms with van der Waals surface area (Å²) < 4.78 is 0. The lowest BCUT2D eigenvalue weighted by Crippen LogP contribution is -1.87. The van der Waals surface area contributed by atoms with Crippen molar-refractivity contribution < 1.29 is 0 Å². The van der Waals surface area contributed by atoms with Gasteiger partial charge in [-0.3, -0.25) is 0 Å². The Morgan fingerprint density at radius 2 is 1.28 bits per heavy atom. The molecule has 0 aliphatic carbocycles. The van der Waals surface area contributed by atoms with Gasteiger partial charge in [0.15, 0.2) is 0 Å². The van der Waals surface area contributed by atoms with Gasteiger partial charge in [-0.2, -0.15) is 0 Å². The van der Waals surface area contributed by atoms with Crippen molar-refractivity contribution in [2.75, 3.05) is 0 Å². The van der Waals surface area contributed by atoms with Gasteiger partial charge in [-0.15, -0.1) is 10.2 Å². The highest BCUT2D eigenvalue weighted by atomic mass is 32.1. The van der Waals surface area contributed by atoms with Gasteiger partial charge in [-0.25, -0.2) is 0 Å². The number of hydrogen-bond acceptors (Lipinski definition) is 3. The van der Waals surface area contributed by atoms with Crippen molar-refractivity contribution in [1.29, 1.82) is 0 Å². The maximum Gasteiger partial charge on any atom is 0.148 e. The summed E-state index contributed by atoms with van der Waals surface area (Å²) in [5.41, 5.74) is 3.71. The van der Waals surface area contributed by atoms with Crippen LogP contribution in [0.1, 0.15) is 51.0 Å². The summed E-state index contributed by atoms with van der Waals surface area (Å²) in [6.07, 6.45) is 9.27. The number of benzene rings is 2. The molecule has 0 aliphatic rings. The van der Waals surface area contributed by atoms with Gasteiger partial charge in [-0.1, -0.05) is 105 Å². The van der Waals surface area contributed by atoms with Gasteiger partial charge in [0.05, 0.1) is 0 Å². The predicted octanol–water partition coefficient (Wildman–Crippen LogP) is 6.78. The van der Waals surface area contributed by atoms with Crippen LogP contribution in [-0.4, -0.2) is 10.2 Å². The molecule has 0 amide bonds. The highest BCUT2D eigenvalue weighted by Crippen LogP contribution is 2.29. The Bertz CT molecular complexity index is 747. The normalized spacial score (nSPS) is 10.9. The zero-order valence-corrected chi connectivity index (χ0v) is 15.8. The summed E-state index contributed by atoms with van der Waals surface area (Å²) in [5.74, 6) is 0. The van der Waals surface area contributed by atoms with E-state index in [1.165, 1.54) is 50.5 Å². The molecule has 0 saturated heterocycles. The molecule has 1 heterocycles. The van der Waals surface area contributed by atoms with Crippen LogP contribution in [0.2, 0.25) is 0 Å². The fraction of sp³-hybridized carbons (Fsp3) is 0.364. The molecular weight excluding hydrogens is 324 g/mol. The predicted molar refractivity (Wildman–Crippen MR) is 108 cm³/mol. The molecule has 1 aromatic heterocycles. The lowest BCUT2D eigenvalue weighted by Gasteiger charge is -2.03. The molecule has 130 valence electrons. The quantitative estimate of drug-likeness (QED) is 0.398. The minimum absolute atomic E-state index is 0.978. The van der Waals surface area contributed by atoms with Gasteiger partial charge in [0.25, 0.3) is 0 Å². The molecule has 3 heteroatoms. The minimum Gasteiger partial charge on any atom is -0.138 e. The topological polar surface area (TPSA) is 25.8 Å². The molecule has 0 N–H and O–H groups in total. The maximum atomic E-state index is 4.36. The summed E-state index contributed by atoms with van der Waals surface area (Å²) in [7, 11) is 0. The van der Waals surface area contributed by atoms with Crippen LogP contribution in [0.15, 0.2) is 54.6 Å². The Morgan fingerprint density at radius 1 is 0.680 bits per heavy atom. The van der Waals surface area contributed by atoms with Gasteiger partial charge in [0, 0.05) is 11.1 Å². The van der Waals surface area contributed by atoms with E-state index < -0.39 is 0 Å². The zero-order chi connectivity index (χ0) is 17.3. The number of rotatable bonds is 9. The molecular formula is C22H26N2S. The highest BCUT2D eigenvalue weighted by molar-refractivity contribution is 7.17. The number of aryl methyl sites for hydroxylation is 1. The third-order valence-corrected chi connectivity index (χ3v) is 5.49. The van der Waals surface area contributed by atoms with Crippen molar-refractivity contribution >= 4 is 11.3 Å². The molecule has 0 radical (unpaired) electrons. The van der Waals surface area contributed by atoms with Crippen molar-refractivity contribution in [3.8, 4) is 21.1 Å². The van der Waals surface area contributed by atoms with Crippen LogP contribution in [0.4, 0.5) is 0 Å². The Kier molecular flexibility index (Phi) is 6.75. The first-order chi connectivity index (χ1) is 12.4. The summed E-state index contributed by atoms with van der Waals surface area (Å²) in [4.78, 5) is 0. The summed E-state index contributed by atoms with van der Waals surface area (Å²) >= 11 is 1.65. The first-order valence-corrected chi connectivity index (χ1v) is 10.2. The Hall–Kier alpha value is -2.00. The molecule has 0 spiro atoms. The number of nitrogens with zero attached hydrogens (tertiary/aromatic N) is 2. The van der Waals surface area contributed by atoms with E-state index in [0.717, 1.165) is 21.1 Å². The molecule has 0 aliphatic heterocycles. The van der Waals surface area contributed by atoms with E-state index in [0.29, 0.717) is 0 Å². The molecule has 25 heavy (non-hydrogen) atoms. The van der Waals surface area contributed by atoms with Gasteiger partial charge in [0.1, 0.15) is 10.0 Å². The van der Waals surface area contributed by atoms with E-state index in [1.54, 1.807) is 11.3 Å². The van der Waals surface area contributed by atoms with Crippen molar-refractivity contribution in [3.63, 3.8) is 0 Å². The fourth-order valence-electron chi connectivity index (χ4n) is 2.96. The van der Waals surface area contributed by atoms with Gasteiger partial charge >= 0.3 is 0 Å². The van der Waals surface area contributed by atoms with Crippen molar-refractivity contribution in [3.05, 3.63) is 60.2 Å². The maximum absolute atomic E-state index is 4.36. The smallest absolute Gasteiger partial charge is 0.138 e. The largest absolute Gasteiger partial charge is 0.148 e. The van der Waals surface area contributed by atoms with E-state index >= 15 is 0 Å². The Labute approximate surface area is 155 Å². The lowest BCUT2D eigenvalue weighted by atomic mass is 10.0. The van der Waals surface area contributed by atoms with Crippen molar-refractivity contribution in [2.24, 2.45) is 0 Å². The second-order valence-electron chi connectivity index (χ2n) is 6.49. The van der Waals surface area contributed by atoms with Crippen LogP contribution in [0.5, 0.6) is 0 Å². The average Bonchev–Trinajstić information content (AvgIpc) is 3.16. The summed E-state index contributed by atoms with van der Waals surface area (Å²) in [6.45, 7) is 2.27.